The predicted octanol–water partition coefficient (Wildman–Crippen LogP) is 4.18. The van der Waals surface area contributed by atoms with Gasteiger partial charge in [0.25, 0.3) is 5.22 Å². The zero-order valence-electron chi connectivity index (χ0n) is 13.7. The minimum Gasteiger partial charge on any atom is -0.415 e. The van der Waals surface area contributed by atoms with Crippen LogP contribution in [0.25, 0.3) is 0 Å². The molecule has 7 heteroatoms. The molecule has 1 atom stereocenters. The summed E-state index contributed by atoms with van der Waals surface area (Å²) < 4.78 is 5.50. The van der Waals surface area contributed by atoms with Gasteiger partial charge in [-0.2, -0.15) is 11.8 Å². The van der Waals surface area contributed by atoms with Crippen LogP contribution >= 0.6 is 23.5 Å². The molecule has 2 aromatic rings. The lowest BCUT2D eigenvalue weighted by molar-refractivity contribution is -0.115. The fourth-order valence-corrected chi connectivity index (χ4v) is 3.09. The third-order valence-corrected chi connectivity index (χ3v) is 4.67. The van der Waals surface area contributed by atoms with E-state index in [0.29, 0.717) is 22.8 Å². The number of benzene rings is 1. The molecule has 0 radical (unpaired) electrons. The molecule has 0 aliphatic rings. The van der Waals surface area contributed by atoms with Crippen molar-refractivity contribution >= 4 is 35.1 Å². The molecule has 1 unspecified atom stereocenters. The number of thioether (sulfide) groups is 2. The highest BCUT2D eigenvalue weighted by Crippen LogP contribution is 2.27. The number of para-hydroxylation sites is 1. The zero-order valence-corrected chi connectivity index (χ0v) is 15.3. The van der Waals surface area contributed by atoms with Gasteiger partial charge in [-0.1, -0.05) is 43.8 Å². The average Bonchev–Trinajstić information content (AvgIpc) is 2.95. The predicted molar refractivity (Wildman–Crippen MR) is 96.0 cm³/mol. The SMILES string of the molecule is CSCc1nnc(SC(C)C(=O)Nc2ccccc2C(C)C)o1. The van der Waals surface area contributed by atoms with E-state index in [1.165, 1.54) is 11.8 Å². The summed E-state index contributed by atoms with van der Waals surface area (Å²) in [7, 11) is 0. The van der Waals surface area contributed by atoms with Crippen molar-refractivity contribution in [1.29, 1.82) is 0 Å². The molecule has 1 amide bonds. The van der Waals surface area contributed by atoms with Crippen molar-refractivity contribution in [1.82, 2.24) is 10.2 Å². The van der Waals surface area contributed by atoms with Gasteiger partial charge in [-0.25, -0.2) is 0 Å². The molecule has 124 valence electrons. The maximum atomic E-state index is 12.4. The van der Waals surface area contributed by atoms with Crippen LogP contribution in [0.15, 0.2) is 33.9 Å². The number of nitrogens with one attached hydrogen (secondary N) is 1. The van der Waals surface area contributed by atoms with Gasteiger partial charge in [0.2, 0.25) is 11.8 Å². The minimum absolute atomic E-state index is 0.0762. The van der Waals surface area contributed by atoms with Crippen molar-refractivity contribution in [3.8, 4) is 0 Å². The Hall–Kier alpha value is -1.47. The smallest absolute Gasteiger partial charge is 0.277 e. The van der Waals surface area contributed by atoms with E-state index in [2.05, 4.69) is 29.4 Å². The lowest BCUT2D eigenvalue weighted by Crippen LogP contribution is -2.23. The summed E-state index contributed by atoms with van der Waals surface area (Å²) in [5, 5.41) is 11.0. The average molecular weight is 351 g/mol. The van der Waals surface area contributed by atoms with Crippen LogP contribution in [0.4, 0.5) is 5.69 Å². The number of carbonyl (C=O) groups is 1. The molecular weight excluding hydrogens is 330 g/mol. The quantitative estimate of drug-likeness (QED) is 0.755. The highest BCUT2D eigenvalue weighted by atomic mass is 32.2. The van der Waals surface area contributed by atoms with E-state index in [0.717, 1.165) is 11.3 Å². The van der Waals surface area contributed by atoms with Crippen LogP contribution in [0, 0.1) is 0 Å². The van der Waals surface area contributed by atoms with Crippen LogP contribution in [-0.2, 0) is 10.5 Å². The Balaban J connectivity index is 1.99. The second-order valence-electron chi connectivity index (χ2n) is 5.39. The summed E-state index contributed by atoms with van der Waals surface area (Å²) in [5.41, 5.74) is 1.98. The Bertz CT molecular complexity index is 658. The van der Waals surface area contributed by atoms with E-state index in [9.17, 15) is 4.79 Å². The van der Waals surface area contributed by atoms with Crippen LogP contribution in [0.2, 0.25) is 0 Å². The lowest BCUT2D eigenvalue weighted by atomic mass is 10.0. The molecule has 0 bridgehead atoms. The number of nitrogens with zero attached hydrogens (tertiary/aromatic N) is 2. The van der Waals surface area contributed by atoms with Gasteiger partial charge in [-0.3, -0.25) is 4.79 Å². The first kappa shape index (κ1) is 17.9. The second kappa shape index (κ2) is 8.40. The molecule has 0 aliphatic heterocycles. The first-order valence-electron chi connectivity index (χ1n) is 7.39. The summed E-state index contributed by atoms with van der Waals surface area (Å²) in [6.45, 7) is 6.04. The third-order valence-electron chi connectivity index (χ3n) is 3.20. The Morgan fingerprint density at radius 2 is 2.00 bits per heavy atom. The fraction of sp³-hybridized carbons (Fsp3) is 0.438. The molecule has 0 saturated carbocycles. The fourth-order valence-electron chi connectivity index (χ4n) is 2.02. The molecule has 5 nitrogen and oxygen atoms in total. The summed E-state index contributed by atoms with van der Waals surface area (Å²) in [6.07, 6.45) is 1.97. The molecule has 1 aromatic heterocycles. The van der Waals surface area contributed by atoms with Gasteiger partial charge in [0.05, 0.1) is 11.0 Å². The van der Waals surface area contributed by atoms with E-state index >= 15 is 0 Å². The highest BCUT2D eigenvalue weighted by molar-refractivity contribution is 8.00. The van der Waals surface area contributed by atoms with Crippen molar-refractivity contribution in [3.05, 3.63) is 35.7 Å². The van der Waals surface area contributed by atoms with E-state index < -0.39 is 0 Å². The first-order chi connectivity index (χ1) is 11.0. The molecule has 0 saturated heterocycles. The molecule has 1 aromatic carbocycles. The van der Waals surface area contributed by atoms with Gasteiger partial charge in [-0.05, 0) is 30.7 Å². The minimum atomic E-state index is -0.321. The number of rotatable bonds is 7. The van der Waals surface area contributed by atoms with Gasteiger partial charge in [0, 0.05) is 5.69 Å². The molecule has 0 fully saturated rings. The van der Waals surface area contributed by atoms with Gasteiger partial charge in [-0.15, -0.1) is 10.2 Å². The third kappa shape index (κ3) is 5.00. The lowest BCUT2D eigenvalue weighted by Gasteiger charge is -2.15. The topological polar surface area (TPSA) is 68.0 Å². The van der Waals surface area contributed by atoms with E-state index in [4.69, 9.17) is 4.42 Å². The van der Waals surface area contributed by atoms with Crippen LogP contribution in [0.5, 0.6) is 0 Å². The molecule has 23 heavy (non-hydrogen) atoms. The standard InChI is InChI=1S/C16H21N3O2S2/c1-10(2)12-7-5-6-8-13(12)17-15(20)11(3)23-16-19-18-14(21-16)9-22-4/h5-8,10-11H,9H2,1-4H3,(H,17,20). The van der Waals surface area contributed by atoms with Crippen molar-refractivity contribution in [2.75, 3.05) is 11.6 Å². The van der Waals surface area contributed by atoms with Crippen LogP contribution in [0.3, 0.4) is 0 Å². The summed E-state index contributed by atoms with van der Waals surface area (Å²) in [5.74, 6) is 1.53. The molecule has 0 aliphatic carbocycles. The van der Waals surface area contributed by atoms with Gasteiger partial charge < -0.3 is 9.73 Å². The number of anilines is 1. The van der Waals surface area contributed by atoms with Crippen molar-refractivity contribution in [3.63, 3.8) is 0 Å². The maximum Gasteiger partial charge on any atom is 0.277 e. The number of amides is 1. The monoisotopic (exact) mass is 351 g/mol. The first-order valence-corrected chi connectivity index (χ1v) is 9.66. The molecule has 1 heterocycles. The zero-order chi connectivity index (χ0) is 16.8. The number of carbonyl (C=O) groups excluding carboxylic acids is 1. The van der Waals surface area contributed by atoms with E-state index in [-0.39, 0.29) is 11.2 Å². The number of hydrogen-bond donors (Lipinski definition) is 1. The van der Waals surface area contributed by atoms with E-state index in [1.54, 1.807) is 11.8 Å². The van der Waals surface area contributed by atoms with Crippen molar-refractivity contribution in [2.24, 2.45) is 0 Å². The largest absolute Gasteiger partial charge is 0.415 e. The molecule has 0 spiro atoms. The summed E-state index contributed by atoms with van der Waals surface area (Å²) >= 11 is 2.88. The Morgan fingerprint density at radius 3 is 2.70 bits per heavy atom. The Labute approximate surface area is 145 Å². The second-order valence-corrected chi connectivity index (χ2v) is 7.54. The van der Waals surface area contributed by atoms with Crippen LogP contribution in [-0.4, -0.2) is 27.6 Å². The van der Waals surface area contributed by atoms with Gasteiger partial charge in [0.1, 0.15) is 0 Å². The number of aromatic nitrogens is 2. The normalized spacial score (nSPS) is 12.4. The van der Waals surface area contributed by atoms with Gasteiger partial charge >= 0.3 is 0 Å². The molecule has 2 rings (SSSR count). The van der Waals surface area contributed by atoms with Crippen molar-refractivity contribution < 1.29 is 9.21 Å². The Morgan fingerprint density at radius 1 is 1.26 bits per heavy atom. The summed E-state index contributed by atoms with van der Waals surface area (Å²) in [4.78, 5) is 12.4. The molecular formula is C16H21N3O2S2. The van der Waals surface area contributed by atoms with E-state index in [1.807, 2.05) is 37.4 Å². The van der Waals surface area contributed by atoms with Crippen LogP contribution in [0.1, 0.15) is 38.1 Å². The summed E-state index contributed by atoms with van der Waals surface area (Å²) in [6, 6.07) is 7.86. The van der Waals surface area contributed by atoms with Crippen molar-refractivity contribution in [2.45, 2.75) is 42.9 Å². The number of hydrogen-bond acceptors (Lipinski definition) is 6. The highest BCUT2D eigenvalue weighted by Gasteiger charge is 2.19. The molecule has 1 N–H and O–H groups in total. The van der Waals surface area contributed by atoms with Crippen LogP contribution < -0.4 is 5.32 Å². The van der Waals surface area contributed by atoms with Gasteiger partial charge in [0.15, 0.2) is 0 Å². The maximum absolute atomic E-state index is 12.4. The Kier molecular flexibility index (Phi) is 6.53.